The van der Waals surface area contributed by atoms with Crippen LogP contribution in [0.2, 0.25) is 0 Å². The molecule has 0 atom stereocenters. The van der Waals surface area contributed by atoms with Crippen LogP contribution in [0.25, 0.3) is 0 Å². The minimum atomic E-state index is -3.73. The number of hydrogen-bond donors (Lipinski definition) is 2. The largest absolute Gasteiger partial charge is 0.495 e. The van der Waals surface area contributed by atoms with Gasteiger partial charge in [-0.1, -0.05) is 6.07 Å². The molecule has 0 saturated heterocycles. The van der Waals surface area contributed by atoms with Crippen molar-refractivity contribution in [3.63, 3.8) is 0 Å². The number of rotatable bonds is 8. The van der Waals surface area contributed by atoms with Crippen LogP contribution in [0.15, 0.2) is 18.2 Å². The van der Waals surface area contributed by atoms with Crippen molar-refractivity contribution < 1.29 is 23.1 Å². The molecule has 0 spiro atoms. The molecular weight excluding hydrogens is 296 g/mol. The maximum atomic E-state index is 11.9. The van der Waals surface area contributed by atoms with Gasteiger partial charge in [0.05, 0.1) is 25.0 Å². The maximum absolute atomic E-state index is 11.9. The van der Waals surface area contributed by atoms with Crippen LogP contribution < -0.4 is 9.46 Å². The van der Waals surface area contributed by atoms with Gasteiger partial charge in [-0.3, -0.25) is 9.52 Å². The lowest BCUT2D eigenvalue weighted by atomic mass is 10.2. The van der Waals surface area contributed by atoms with Gasteiger partial charge in [-0.2, -0.15) is 0 Å². The van der Waals surface area contributed by atoms with E-state index in [0.717, 1.165) is 5.56 Å². The predicted octanol–water partition coefficient (Wildman–Crippen LogP) is 0.973. The average Bonchev–Trinajstić information content (AvgIpc) is 2.36. The summed E-state index contributed by atoms with van der Waals surface area (Å²) in [5.41, 5.74) is 1.22. The fourth-order valence-electron chi connectivity index (χ4n) is 1.74. The van der Waals surface area contributed by atoms with E-state index in [1.807, 2.05) is 25.1 Å². The van der Waals surface area contributed by atoms with Crippen molar-refractivity contribution in [3.8, 4) is 5.75 Å². The highest BCUT2D eigenvalue weighted by molar-refractivity contribution is 7.92. The highest BCUT2D eigenvalue weighted by atomic mass is 32.2. The van der Waals surface area contributed by atoms with Crippen LogP contribution >= 0.6 is 0 Å². The Kier molecular flexibility index (Phi) is 5.98. The third kappa shape index (κ3) is 6.01. The van der Waals surface area contributed by atoms with E-state index in [4.69, 9.17) is 9.84 Å². The number of carboxylic acids is 1. The highest BCUT2D eigenvalue weighted by Gasteiger charge is 2.16. The summed E-state index contributed by atoms with van der Waals surface area (Å²) in [7, 11) is 1.52. The first-order valence-corrected chi connectivity index (χ1v) is 7.92. The Hall–Kier alpha value is -1.80. The molecule has 0 aliphatic rings. The van der Waals surface area contributed by atoms with E-state index in [-0.39, 0.29) is 0 Å². The SMILES string of the molecule is COc1ccc(CN(C)C)cc1NS(=O)(=O)CCC(=O)O. The molecule has 0 unspecified atom stereocenters. The lowest BCUT2D eigenvalue weighted by molar-refractivity contribution is -0.136. The van der Waals surface area contributed by atoms with Crippen LogP contribution in [0.4, 0.5) is 5.69 Å². The van der Waals surface area contributed by atoms with Crippen molar-refractivity contribution in [2.45, 2.75) is 13.0 Å². The molecule has 0 fully saturated rings. The number of nitrogens with one attached hydrogen (secondary N) is 1. The molecule has 0 amide bonds. The van der Waals surface area contributed by atoms with Crippen molar-refractivity contribution in [1.29, 1.82) is 0 Å². The number of nitrogens with zero attached hydrogens (tertiary/aromatic N) is 1. The van der Waals surface area contributed by atoms with Gasteiger partial charge in [0.1, 0.15) is 5.75 Å². The first-order chi connectivity index (χ1) is 9.73. The van der Waals surface area contributed by atoms with Crippen LogP contribution in [0.3, 0.4) is 0 Å². The van der Waals surface area contributed by atoms with Crippen LogP contribution in [-0.2, 0) is 21.4 Å². The van der Waals surface area contributed by atoms with Crippen LogP contribution in [0.1, 0.15) is 12.0 Å². The molecule has 7 nitrogen and oxygen atoms in total. The molecule has 1 aromatic carbocycles. The van der Waals surface area contributed by atoms with Crippen LogP contribution in [0, 0.1) is 0 Å². The fourth-order valence-corrected chi connectivity index (χ4v) is 2.78. The van der Waals surface area contributed by atoms with Crippen molar-refractivity contribution in [2.75, 3.05) is 31.7 Å². The first-order valence-electron chi connectivity index (χ1n) is 6.27. The summed E-state index contributed by atoms with van der Waals surface area (Å²) in [6.45, 7) is 0.647. The van der Waals surface area contributed by atoms with Gasteiger partial charge in [0.2, 0.25) is 10.0 Å². The van der Waals surface area contributed by atoms with E-state index in [1.165, 1.54) is 7.11 Å². The van der Waals surface area contributed by atoms with Crippen molar-refractivity contribution in [1.82, 2.24) is 4.90 Å². The lowest BCUT2D eigenvalue weighted by Crippen LogP contribution is -2.19. The van der Waals surface area contributed by atoms with E-state index in [0.29, 0.717) is 18.0 Å². The molecule has 0 aliphatic heterocycles. The fraction of sp³-hybridized carbons (Fsp3) is 0.462. The monoisotopic (exact) mass is 316 g/mol. The molecule has 0 bridgehead atoms. The highest BCUT2D eigenvalue weighted by Crippen LogP contribution is 2.27. The van der Waals surface area contributed by atoms with E-state index >= 15 is 0 Å². The van der Waals surface area contributed by atoms with Crippen molar-refractivity contribution in [2.24, 2.45) is 0 Å². The van der Waals surface area contributed by atoms with Gasteiger partial charge in [-0.25, -0.2) is 8.42 Å². The Morgan fingerprint density at radius 1 is 1.38 bits per heavy atom. The number of ether oxygens (including phenoxy) is 1. The van der Waals surface area contributed by atoms with Gasteiger partial charge < -0.3 is 14.7 Å². The summed E-state index contributed by atoms with van der Waals surface area (Å²) in [5.74, 6) is -1.26. The Balaban J connectivity index is 2.96. The molecule has 21 heavy (non-hydrogen) atoms. The molecule has 2 N–H and O–H groups in total. The summed E-state index contributed by atoms with van der Waals surface area (Å²) in [6.07, 6.45) is -0.449. The third-order valence-corrected chi connectivity index (χ3v) is 3.89. The zero-order chi connectivity index (χ0) is 16.0. The van der Waals surface area contributed by atoms with E-state index in [1.54, 1.807) is 12.1 Å². The number of methoxy groups -OCH3 is 1. The minimum absolute atomic E-state index is 0.308. The summed E-state index contributed by atoms with van der Waals surface area (Å²) >= 11 is 0. The predicted molar refractivity (Wildman–Crippen MR) is 80.0 cm³/mol. The average molecular weight is 316 g/mol. The minimum Gasteiger partial charge on any atom is -0.495 e. The second-order valence-corrected chi connectivity index (χ2v) is 6.68. The summed E-state index contributed by atoms with van der Waals surface area (Å²) in [6, 6.07) is 5.19. The lowest BCUT2D eigenvalue weighted by Gasteiger charge is -2.15. The van der Waals surface area contributed by atoms with Gasteiger partial charge in [-0.15, -0.1) is 0 Å². The summed E-state index contributed by atoms with van der Waals surface area (Å²) in [5, 5.41) is 8.56. The van der Waals surface area contributed by atoms with E-state index in [9.17, 15) is 13.2 Å². The molecule has 1 aromatic rings. The Bertz CT molecular complexity index is 599. The van der Waals surface area contributed by atoms with Gasteiger partial charge in [0.15, 0.2) is 0 Å². The zero-order valence-corrected chi connectivity index (χ0v) is 13.1. The van der Waals surface area contributed by atoms with Gasteiger partial charge >= 0.3 is 5.97 Å². The Morgan fingerprint density at radius 3 is 2.57 bits per heavy atom. The van der Waals surface area contributed by atoms with Crippen molar-refractivity contribution in [3.05, 3.63) is 23.8 Å². The van der Waals surface area contributed by atoms with Crippen LogP contribution in [-0.4, -0.2) is 51.4 Å². The molecule has 118 valence electrons. The first kappa shape index (κ1) is 17.3. The molecule has 0 radical (unpaired) electrons. The number of sulfonamides is 1. The summed E-state index contributed by atoms with van der Waals surface area (Å²) in [4.78, 5) is 12.4. The number of carbonyl (C=O) groups is 1. The van der Waals surface area contributed by atoms with Gasteiger partial charge in [-0.05, 0) is 31.8 Å². The Morgan fingerprint density at radius 2 is 2.05 bits per heavy atom. The second kappa shape index (κ2) is 7.28. The molecule has 1 rings (SSSR count). The number of benzene rings is 1. The van der Waals surface area contributed by atoms with Gasteiger partial charge in [0.25, 0.3) is 0 Å². The number of carboxylic acid groups (broad SMARTS) is 1. The normalized spacial score (nSPS) is 11.4. The molecule has 0 aromatic heterocycles. The number of anilines is 1. The molecule has 8 heteroatoms. The topological polar surface area (TPSA) is 95.9 Å². The molecule has 0 aliphatic carbocycles. The summed E-state index contributed by atoms with van der Waals surface area (Å²) < 4.78 is 31.2. The zero-order valence-electron chi connectivity index (χ0n) is 12.3. The number of hydrogen-bond acceptors (Lipinski definition) is 5. The number of aliphatic carboxylic acids is 1. The van der Waals surface area contributed by atoms with E-state index in [2.05, 4.69) is 4.72 Å². The van der Waals surface area contributed by atoms with Gasteiger partial charge in [0, 0.05) is 6.54 Å². The molecule has 0 saturated carbocycles. The smallest absolute Gasteiger partial charge is 0.304 e. The molecular formula is C13H20N2O5S. The van der Waals surface area contributed by atoms with Crippen LogP contribution in [0.5, 0.6) is 5.75 Å². The standard InChI is InChI=1S/C13H20N2O5S/c1-15(2)9-10-4-5-12(20-3)11(8-10)14-21(18,19)7-6-13(16)17/h4-5,8,14H,6-7,9H2,1-3H3,(H,16,17). The quantitative estimate of drug-likeness (QED) is 0.742. The maximum Gasteiger partial charge on any atom is 0.304 e. The third-order valence-electron chi connectivity index (χ3n) is 2.61. The Labute approximate surface area is 124 Å². The second-order valence-electron chi connectivity index (χ2n) is 4.84. The molecule has 0 heterocycles. The van der Waals surface area contributed by atoms with E-state index < -0.39 is 28.2 Å². The van der Waals surface area contributed by atoms with Crippen molar-refractivity contribution >= 4 is 21.7 Å².